The summed E-state index contributed by atoms with van der Waals surface area (Å²) in [7, 11) is 0. The van der Waals surface area contributed by atoms with Crippen LogP contribution < -0.4 is 10.2 Å². The van der Waals surface area contributed by atoms with Crippen LogP contribution in [0.4, 0.5) is 24.7 Å². The number of oxazole rings is 1. The van der Waals surface area contributed by atoms with E-state index in [4.69, 9.17) is 4.42 Å². The summed E-state index contributed by atoms with van der Waals surface area (Å²) < 4.78 is 45.1. The maximum atomic E-state index is 13.4. The Balaban J connectivity index is 1.55. The van der Waals surface area contributed by atoms with Gasteiger partial charge in [-0.3, -0.25) is 4.79 Å². The Labute approximate surface area is 175 Å². The number of halogens is 3. The van der Waals surface area contributed by atoms with Gasteiger partial charge in [-0.2, -0.15) is 13.2 Å². The van der Waals surface area contributed by atoms with Crippen LogP contribution >= 0.6 is 0 Å². The fourth-order valence-corrected chi connectivity index (χ4v) is 3.37. The van der Waals surface area contributed by atoms with Gasteiger partial charge in [0.2, 0.25) is 11.7 Å². The van der Waals surface area contributed by atoms with Gasteiger partial charge in [-0.25, -0.2) is 9.97 Å². The lowest BCUT2D eigenvalue weighted by molar-refractivity contribution is -0.153. The average molecular weight is 432 g/mol. The van der Waals surface area contributed by atoms with Gasteiger partial charge in [0.15, 0.2) is 5.69 Å². The monoisotopic (exact) mass is 432 g/mol. The van der Waals surface area contributed by atoms with E-state index in [9.17, 15) is 23.1 Å². The molecule has 31 heavy (non-hydrogen) atoms. The molecule has 0 bridgehead atoms. The highest BCUT2D eigenvalue weighted by Crippen LogP contribution is 2.35. The highest BCUT2D eigenvalue weighted by Gasteiger charge is 2.42. The summed E-state index contributed by atoms with van der Waals surface area (Å²) in [5.41, 5.74) is -0.319. The van der Waals surface area contributed by atoms with E-state index in [1.165, 1.54) is 24.4 Å². The molecular formula is C21H19F3N4O3. The maximum absolute atomic E-state index is 13.4. The highest BCUT2D eigenvalue weighted by atomic mass is 19.4. The lowest BCUT2D eigenvalue weighted by Gasteiger charge is -2.31. The van der Waals surface area contributed by atoms with Gasteiger partial charge in [-0.05, 0) is 37.1 Å². The Bertz CT molecular complexity index is 1050. The number of aliphatic hydroxyl groups excluding tert-OH is 1. The quantitative estimate of drug-likeness (QED) is 0.648. The van der Waals surface area contributed by atoms with Crippen molar-refractivity contribution < 1.29 is 27.5 Å². The number of hydrogen-bond acceptors (Lipinski definition) is 6. The molecule has 0 saturated carbocycles. The Morgan fingerprint density at radius 1 is 1.19 bits per heavy atom. The second kappa shape index (κ2) is 8.38. The number of nitrogens with zero attached hydrogens (tertiary/aromatic N) is 3. The van der Waals surface area contributed by atoms with Crippen molar-refractivity contribution in [3.05, 3.63) is 60.1 Å². The first-order valence-corrected chi connectivity index (χ1v) is 9.65. The molecule has 1 atom stereocenters. The van der Waals surface area contributed by atoms with E-state index in [0.29, 0.717) is 17.9 Å². The van der Waals surface area contributed by atoms with E-state index >= 15 is 0 Å². The van der Waals surface area contributed by atoms with Crippen molar-refractivity contribution in [1.82, 2.24) is 9.97 Å². The van der Waals surface area contributed by atoms with Crippen LogP contribution in [0, 0.1) is 0 Å². The van der Waals surface area contributed by atoms with Crippen LogP contribution in [0.25, 0.3) is 11.5 Å². The first-order valence-electron chi connectivity index (χ1n) is 9.65. The molecule has 0 aliphatic carbocycles. The summed E-state index contributed by atoms with van der Waals surface area (Å²) in [6.07, 6.45) is -2.41. The van der Waals surface area contributed by atoms with Crippen LogP contribution in [-0.4, -0.2) is 40.2 Å². The van der Waals surface area contributed by atoms with Gasteiger partial charge >= 0.3 is 6.18 Å². The number of benzene rings is 1. The number of carbonyl (C=O) groups excluding carboxylic acids is 1. The zero-order valence-electron chi connectivity index (χ0n) is 16.3. The van der Waals surface area contributed by atoms with E-state index < -0.39 is 29.6 Å². The lowest BCUT2D eigenvalue weighted by Crippen LogP contribution is -2.38. The molecule has 2 aromatic heterocycles. The molecule has 0 radical (unpaired) electrons. The van der Waals surface area contributed by atoms with Crippen LogP contribution in [0.2, 0.25) is 0 Å². The van der Waals surface area contributed by atoms with Crippen molar-refractivity contribution in [3.63, 3.8) is 0 Å². The minimum absolute atomic E-state index is 0.212. The fourth-order valence-electron chi connectivity index (χ4n) is 3.37. The highest BCUT2D eigenvalue weighted by molar-refractivity contribution is 6.04. The van der Waals surface area contributed by atoms with Gasteiger partial charge in [-0.15, -0.1) is 0 Å². The maximum Gasteiger partial charge on any atom is 0.452 e. The molecule has 162 valence electrons. The first-order chi connectivity index (χ1) is 14.8. The van der Waals surface area contributed by atoms with E-state index in [0.717, 1.165) is 19.4 Å². The molecule has 1 amide bonds. The normalized spacial score (nSPS) is 16.9. The molecule has 0 spiro atoms. The van der Waals surface area contributed by atoms with Crippen molar-refractivity contribution in [2.24, 2.45) is 0 Å². The van der Waals surface area contributed by atoms with Crippen molar-refractivity contribution in [2.75, 3.05) is 23.3 Å². The number of carbonyl (C=O) groups is 1. The van der Waals surface area contributed by atoms with Crippen molar-refractivity contribution in [3.8, 4) is 11.5 Å². The van der Waals surface area contributed by atoms with Gasteiger partial charge < -0.3 is 19.7 Å². The van der Waals surface area contributed by atoms with Crippen molar-refractivity contribution in [2.45, 2.75) is 25.1 Å². The number of β-amino-alcohol motifs (C(OH)–C–C–N with tert-alkyl or cyclic N) is 1. The molecule has 4 rings (SSSR count). The summed E-state index contributed by atoms with van der Waals surface area (Å²) in [5, 5.41) is 12.2. The average Bonchev–Trinajstić information content (AvgIpc) is 3.21. The lowest BCUT2D eigenvalue weighted by atomic mass is 10.1. The third-order valence-electron chi connectivity index (χ3n) is 4.85. The predicted octanol–water partition coefficient (Wildman–Crippen LogP) is 3.97. The number of aliphatic hydroxyl groups is 1. The second-order valence-corrected chi connectivity index (χ2v) is 7.16. The molecule has 1 aliphatic rings. The Morgan fingerprint density at radius 2 is 1.97 bits per heavy atom. The number of alkyl halides is 3. The number of aromatic nitrogens is 2. The molecule has 1 fully saturated rings. The van der Waals surface area contributed by atoms with Gasteiger partial charge in [0.05, 0.1) is 18.0 Å². The van der Waals surface area contributed by atoms with Crippen LogP contribution in [0.5, 0.6) is 0 Å². The summed E-state index contributed by atoms with van der Waals surface area (Å²) in [4.78, 5) is 22.5. The summed E-state index contributed by atoms with van der Waals surface area (Å²) >= 11 is 0. The number of amides is 1. The van der Waals surface area contributed by atoms with Gasteiger partial charge in [0.25, 0.3) is 5.91 Å². The molecule has 3 heterocycles. The predicted molar refractivity (Wildman–Crippen MR) is 107 cm³/mol. The Morgan fingerprint density at radius 3 is 2.61 bits per heavy atom. The Hall–Kier alpha value is -3.40. The van der Waals surface area contributed by atoms with Crippen LogP contribution in [-0.2, 0) is 6.18 Å². The second-order valence-electron chi connectivity index (χ2n) is 7.16. The topological polar surface area (TPSA) is 91.5 Å². The van der Waals surface area contributed by atoms with E-state index in [-0.39, 0.29) is 11.6 Å². The molecule has 3 aromatic rings. The zero-order chi connectivity index (χ0) is 22.0. The third kappa shape index (κ3) is 4.69. The number of pyridine rings is 1. The standard InChI is InChI=1S/C21H19F3N4O3/c22-21(23,24)18-17(27-20(31-18)13-5-2-1-3-6-13)19(30)26-14-8-9-16(25-11-14)28-10-4-7-15(29)12-28/h1-3,5-6,8-9,11,15,29H,4,7,10,12H2,(H,26,30). The largest absolute Gasteiger partial charge is 0.452 e. The van der Waals surface area contributed by atoms with E-state index in [1.54, 1.807) is 24.3 Å². The molecule has 7 nitrogen and oxygen atoms in total. The van der Waals surface area contributed by atoms with Crippen LogP contribution in [0.1, 0.15) is 29.1 Å². The molecule has 1 aliphatic heterocycles. The van der Waals surface area contributed by atoms with Crippen LogP contribution in [0.15, 0.2) is 53.1 Å². The summed E-state index contributed by atoms with van der Waals surface area (Å²) in [6.45, 7) is 1.20. The summed E-state index contributed by atoms with van der Waals surface area (Å²) in [6, 6.07) is 11.2. The number of rotatable bonds is 4. The van der Waals surface area contributed by atoms with Crippen LogP contribution in [0.3, 0.4) is 0 Å². The summed E-state index contributed by atoms with van der Waals surface area (Å²) in [5.74, 6) is -2.20. The third-order valence-corrected chi connectivity index (χ3v) is 4.85. The fraction of sp³-hybridized carbons (Fsp3) is 0.286. The minimum atomic E-state index is -4.89. The van der Waals surface area contributed by atoms with E-state index in [2.05, 4.69) is 15.3 Å². The molecule has 2 N–H and O–H groups in total. The Kier molecular flexibility index (Phi) is 5.64. The first kappa shape index (κ1) is 20.9. The van der Waals surface area contributed by atoms with Gasteiger partial charge in [0, 0.05) is 18.7 Å². The van der Waals surface area contributed by atoms with Gasteiger partial charge in [0.1, 0.15) is 5.82 Å². The van der Waals surface area contributed by atoms with Crippen molar-refractivity contribution >= 4 is 17.4 Å². The minimum Gasteiger partial charge on any atom is -0.431 e. The molecule has 1 saturated heterocycles. The molecule has 10 heteroatoms. The smallest absolute Gasteiger partial charge is 0.431 e. The number of anilines is 2. The zero-order valence-corrected chi connectivity index (χ0v) is 16.3. The van der Waals surface area contributed by atoms with Gasteiger partial charge in [-0.1, -0.05) is 18.2 Å². The number of nitrogens with one attached hydrogen (secondary N) is 1. The number of hydrogen-bond donors (Lipinski definition) is 2. The molecule has 1 unspecified atom stereocenters. The molecular weight excluding hydrogens is 413 g/mol. The number of piperidine rings is 1. The molecule has 1 aromatic carbocycles. The van der Waals surface area contributed by atoms with Crippen molar-refractivity contribution in [1.29, 1.82) is 0 Å². The SMILES string of the molecule is O=C(Nc1ccc(N2CCCC(O)C2)nc1)c1nc(-c2ccccc2)oc1C(F)(F)F. The van der Waals surface area contributed by atoms with E-state index in [1.807, 2.05) is 4.90 Å².